The van der Waals surface area contributed by atoms with E-state index < -0.39 is 0 Å². The molecule has 0 saturated carbocycles. The van der Waals surface area contributed by atoms with Crippen LogP contribution in [0.25, 0.3) is 0 Å². The third-order valence-corrected chi connectivity index (χ3v) is 5.64. The van der Waals surface area contributed by atoms with Crippen LogP contribution in [0.2, 0.25) is 0 Å². The summed E-state index contributed by atoms with van der Waals surface area (Å²) in [7, 11) is 2.08. The maximum atomic E-state index is 12.5. The van der Waals surface area contributed by atoms with Gasteiger partial charge in [0.2, 0.25) is 5.91 Å². The number of hydrogen-bond acceptors (Lipinski definition) is 5. The number of thiazole rings is 1. The van der Waals surface area contributed by atoms with Crippen molar-refractivity contribution in [3.8, 4) is 0 Å². The zero-order valence-corrected chi connectivity index (χ0v) is 15.2. The van der Waals surface area contributed by atoms with Gasteiger partial charge in [-0.25, -0.2) is 4.98 Å². The molecule has 0 aliphatic carbocycles. The average molecular weight is 357 g/mol. The van der Waals surface area contributed by atoms with Crippen LogP contribution in [0.1, 0.15) is 30.5 Å². The Kier molecular flexibility index (Phi) is 4.83. The van der Waals surface area contributed by atoms with Crippen molar-refractivity contribution < 1.29 is 9.53 Å². The molecule has 3 heterocycles. The van der Waals surface area contributed by atoms with Crippen LogP contribution in [0.5, 0.6) is 0 Å². The normalized spacial score (nSPS) is 24.8. The summed E-state index contributed by atoms with van der Waals surface area (Å²) < 4.78 is 5.80. The van der Waals surface area contributed by atoms with Crippen LogP contribution in [-0.2, 0) is 22.6 Å². The summed E-state index contributed by atoms with van der Waals surface area (Å²) in [4.78, 5) is 19.1. The van der Waals surface area contributed by atoms with E-state index in [2.05, 4.69) is 39.8 Å². The fourth-order valence-electron chi connectivity index (χ4n) is 3.86. The molecule has 2 aromatic rings. The Labute approximate surface area is 152 Å². The molecule has 132 valence electrons. The number of nitrogens with zero attached hydrogens (tertiary/aromatic N) is 2. The van der Waals surface area contributed by atoms with Crippen LogP contribution in [0, 0.1) is 5.92 Å². The van der Waals surface area contributed by atoms with Gasteiger partial charge < -0.3 is 10.1 Å². The second-order valence-electron chi connectivity index (χ2n) is 7.06. The summed E-state index contributed by atoms with van der Waals surface area (Å²) in [5, 5.41) is 5.15. The number of ether oxygens (including phenoxy) is 1. The lowest BCUT2D eigenvalue weighted by atomic mass is 9.88. The van der Waals surface area contributed by atoms with Crippen LogP contribution in [0.4, 0.5) is 5.69 Å². The summed E-state index contributed by atoms with van der Waals surface area (Å²) in [6, 6.07) is 8.10. The van der Waals surface area contributed by atoms with Gasteiger partial charge in [0.15, 0.2) is 0 Å². The number of anilines is 1. The van der Waals surface area contributed by atoms with Gasteiger partial charge in [-0.1, -0.05) is 12.1 Å². The third-order valence-electron chi connectivity index (χ3n) is 5.01. The fraction of sp³-hybridized carbons (Fsp3) is 0.474. The average Bonchev–Trinajstić information content (AvgIpc) is 3.33. The first kappa shape index (κ1) is 16.7. The predicted molar refractivity (Wildman–Crippen MR) is 98.4 cm³/mol. The minimum absolute atomic E-state index is 0.00902. The van der Waals surface area contributed by atoms with E-state index in [4.69, 9.17) is 4.74 Å². The molecule has 1 amide bonds. The Hall–Kier alpha value is -1.76. The highest BCUT2D eigenvalue weighted by molar-refractivity contribution is 7.07. The Morgan fingerprint density at radius 2 is 2.32 bits per heavy atom. The smallest absolute Gasteiger partial charge is 0.230 e. The van der Waals surface area contributed by atoms with Gasteiger partial charge in [-0.2, -0.15) is 0 Å². The molecule has 2 fully saturated rings. The molecule has 2 aliphatic heterocycles. The van der Waals surface area contributed by atoms with E-state index in [1.165, 1.54) is 5.56 Å². The maximum Gasteiger partial charge on any atom is 0.230 e. The van der Waals surface area contributed by atoms with Crippen molar-refractivity contribution in [2.75, 3.05) is 12.4 Å². The number of carbonyl (C=O) groups is 1. The summed E-state index contributed by atoms with van der Waals surface area (Å²) in [6.45, 7) is 1.64. The van der Waals surface area contributed by atoms with E-state index in [-0.39, 0.29) is 17.9 Å². The molecule has 0 radical (unpaired) electrons. The number of rotatable bonds is 6. The number of fused-ring (bicyclic) bond motifs is 2. The quantitative estimate of drug-likeness (QED) is 0.862. The number of amides is 1. The molecule has 4 rings (SSSR count). The van der Waals surface area contributed by atoms with Gasteiger partial charge in [0.05, 0.1) is 29.3 Å². The van der Waals surface area contributed by atoms with E-state index >= 15 is 0 Å². The first-order valence-corrected chi connectivity index (χ1v) is 9.72. The van der Waals surface area contributed by atoms with Gasteiger partial charge in [-0.05, 0) is 44.0 Å². The van der Waals surface area contributed by atoms with Crippen LogP contribution in [0.15, 0.2) is 35.2 Å². The highest BCUT2D eigenvalue weighted by atomic mass is 32.1. The Bertz CT molecular complexity index is 734. The second kappa shape index (κ2) is 7.23. The number of nitrogens with one attached hydrogen (secondary N) is 1. The molecule has 3 atom stereocenters. The third kappa shape index (κ3) is 3.92. The van der Waals surface area contributed by atoms with Crippen molar-refractivity contribution in [2.24, 2.45) is 5.92 Å². The monoisotopic (exact) mass is 357 g/mol. The Morgan fingerprint density at radius 1 is 1.40 bits per heavy atom. The van der Waals surface area contributed by atoms with Crippen LogP contribution in [0.3, 0.4) is 0 Å². The van der Waals surface area contributed by atoms with Crippen molar-refractivity contribution in [3.63, 3.8) is 0 Å². The largest absolute Gasteiger partial charge is 0.374 e. The lowest BCUT2D eigenvalue weighted by Crippen LogP contribution is -2.30. The van der Waals surface area contributed by atoms with Gasteiger partial charge in [0.1, 0.15) is 0 Å². The molecule has 1 aromatic carbocycles. The van der Waals surface area contributed by atoms with E-state index in [9.17, 15) is 4.79 Å². The second-order valence-corrected chi connectivity index (χ2v) is 7.78. The highest BCUT2D eigenvalue weighted by Crippen LogP contribution is 2.39. The highest BCUT2D eigenvalue weighted by Gasteiger charge is 2.44. The minimum Gasteiger partial charge on any atom is -0.374 e. The molecule has 5 nitrogen and oxygen atoms in total. The number of carbonyl (C=O) groups excluding carboxylic acids is 1. The molecule has 2 saturated heterocycles. The lowest BCUT2D eigenvalue weighted by Gasteiger charge is -2.19. The van der Waals surface area contributed by atoms with Crippen LogP contribution in [-0.4, -0.2) is 35.0 Å². The van der Waals surface area contributed by atoms with E-state index in [0.717, 1.165) is 43.7 Å². The Morgan fingerprint density at radius 3 is 3.04 bits per heavy atom. The number of aromatic nitrogens is 1. The van der Waals surface area contributed by atoms with Crippen molar-refractivity contribution >= 4 is 22.9 Å². The molecule has 1 N–H and O–H groups in total. The SMILES string of the molecule is CN(Cc1cccc(NC(=O)[C@@H]2C[C@H]3CC[C@@H]2O3)c1)Cc1cscn1. The van der Waals surface area contributed by atoms with Crippen LogP contribution >= 0.6 is 11.3 Å². The van der Waals surface area contributed by atoms with Gasteiger partial charge in [-0.15, -0.1) is 11.3 Å². The molecule has 25 heavy (non-hydrogen) atoms. The molecule has 2 bridgehead atoms. The van der Waals surface area contributed by atoms with E-state index in [1.54, 1.807) is 11.3 Å². The summed E-state index contributed by atoms with van der Waals surface area (Å²) in [5.41, 5.74) is 5.00. The fourth-order valence-corrected chi connectivity index (χ4v) is 4.41. The lowest BCUT2D eigenvalue weighted by molar-refractivity contribution is -0.121. The van der Waals surface area contributed by atoms with Crippen molar-refractivity contribution in [1.29, 1.82) is 0 Å². The Balaban J connectivity index is 1.35. The van der Waals surface area contributed by atoms with Gasteiger partial charge in [-0.3, -0.25) is 9.69 Å². The summed E-state index contributed by atoms with van der Waals surface area (Å²) in [5.74, 6) is 0.106. The van der Waals surface area contributed by atoms with Crippen molar-refractivity contribution in [1.82, 2.24) is 9.88 Å². The molecular formula is C19H23N3O2S. The van der Waals surface area contributed by atoms with Gasteiger partial charge in [0, 0.05) is 24.2 Å². The van der Waals surface area contributed by atoms with Crippen molar-refractivity contribution in [2.45, 2.75) is 44.6 Å². The summed E-state index contributed by atoms with van der Waals surface area (Å²) >= 11 is 1.62. The van der Waals surface area contributed by atoms with Crippen LogP contribution < -0.4 is 5.32 Å². The first-order valence-electron chi connectivity index (χ1n) is 8.78. The van der Waals surface area contributed by atoms with Gasteiger partial charge in [0.25, 0.3) is 0 Å². The minimum atomic E-state index is 0.00902. The molecule has 0 spiro atoms. The standard InChI is InChI=1S/C19H23N3O2S/c1-22(10-15-11-25-12-20-15)9-13-3-2-4-14(7-13)21-19(23)17-8-16-5-6-18(17)24-16/h2-4,7,11-12,16-18H,5-6,8-10H2,1H3,(H,21,23)/t16-,17-,18+/m1/s1. The van der Waals surface area contributed by atoms with E-state index in [0.29, 0.717) is 6.10 Å². The molecule has 2 aliphatic rings. The zero-order valence-electron chi connectivity index (χ0n) is 14.4. The predicted octanol–water partition coefficient (Wildman–Crippen LogP) is 3.28. The summed E-state index contributed by atoms with van der Waals surface area (Å²) in [6.07, 6.45) is 3.41. The van der Waals surface area contributed by atoms with E-state index in [1.807, 2.05) is 17.6 Å². The number of hydrogen-bond donors (Lipinski definition) is 1. The molecule has 6 heteroatoms. The topological polar surface area (TPSA) is 54.5 Å². The first-order chi connectivity index (χ1) is 12.2. The molecule has 1 aromatic heterocycles. The zero-order chi connectivity index (χ0) is 17.2. The molecular weight excluding hydrogens is 334 g/mol. The maximum absolute atomic E-state index is 12.5. The van der Waals surface area contributed by atoms with Gasteiger partial charge >= 0.3 is 0 Å². The molecule has 0 unspecified atom stereocenters. The van der Waals surface area contributed by atoms with Crippen molar-refractivity contribution in [3.05, 3.63) is 46.4 Å². The number of benzene rings is 1.